The van der Waals surface area contributed by atoms with Gasteiger partial charge in [-0.3, -0.25) is 0 Å². The van der Waals surface area contributed by atoms with Gasteiger partial charge < -0.3 is 2.85 Å². The molecule has 0 saturated carbocycles. The van der Waals surface area contributed by atoms with Crippen LogP contribution in [-0.2, 0) is 0 Å². The molecule has 0 amide bonds. The van der Waals surface area contributed by atoms with E-state index in [0.29, 0.717) is 0 Å². The van der Waals surface area contributed by atoms with Gasteiger partial charge in [-0.05, 0) is 18.8 Å². The maximum absolute atomic E-state index is 3.15. The number of allylic oxidation sites excluding steroid dienone is 1. The van der Waals surface area contributed by atoms with Gasteiger partial charge in [-0.25, -0.2) is 0 Å². The molecule has 0 rings (SSSR count). The summed E-state index contributed by atoms with van der Waals surface area (Å²) in [6, 6.07) is 0. The van der Waals surface area contributed by atoms with E-state index in [9.17, 15) is 0 Å². The summed E-state index contributed by atoms with van der Waals surface area (Å²) in [4.78, 5) is 1.90. The fourth-order valence-corrected chi connectivity index (χ4v) is 0. The summed E-state index contributed by atoms with van der Waals surface area (Å²) >= 11 is 3.15. The van der Waals surface area contributed by atoms with Gasteiger partial charge in [0.05, 0.1) is 0 Å². The molecule has 0 aromatic heterocycles. The first-order valence-electron chi connectivity index (χ1n) is 1.51. The molecule has 0 atom stereocenters. The molecular formula is C4H9BrMg. The van der Waals surface area contributed by atoms with Crippen LogP contribution in [0, 0.1) is 0 Å². The molecule has 6 heavy (non-hydrogen) atoms. The molecule has 0 nitrogen and oxygen atoms in total. The number of halogens is 1. The maximum Gasteiger partial charge on any atom is 2.00 e. The average Bonchev–Trinajstić information content (AvgIpc) is 1.38. The number of rotatable bonds is 0. The molecule has 0 unspecified atom stereocenters. The van der Waals surface area contributed by atoms with Crippen LogP contribution < -0.4 is 0 Å². The second-order valence-corrected chi connectivity index (χ2v) is 1.64. The van der Waals surface area contributed by atoms with Crippen molar-refractivity contribution in [3.05, 3.63) is 10.6 Å². The molecule has 0 aromatic carbocycles. The van der Waals surface area contributed by atoms with Gasteiger partial charge in [0.15, 0.2) is 0 Å². The Balaban J connectivity index is -0.0000000267. The average molecular weight is 161 g/mol. The van der Waals surface area contributed by atoms with E-state index in [0.717, 1.165) is 0 Å². The van der Waals surface area contributed by atoms with Crippen molar-refractivity contribution >= 4 is 39.0 Å². The third-order valence-corrected chi connectivity index (χ3v) is 1.13. The molecule has 0 fully saturated rings. The molecule has 34 valence electrons. The van der Waals surface area contributed by atoms with E-state index in [-0.39, 0.29) is 25.9 Å². The van der Waals surface area contributed by atoms with Gasteiger partial charge in [-0.2, -0.15) is 0 Å². The Hall–Kier alpha value is 0.986. The summed E-state index contributed by atoms with van der Waals surface area (Å²) < 4.78 is 0. The molecule has 0 aromatic rings. The summed E-state index contributed by atoms with van der Waals surface area (Å²) in [6.45, 7) is 4.07. The molecule has 0 aliphatic rings. The van der Waals surface area contributed by atoms with E-state index in [1.54, 1.807) is 0 Å². The summed E-state index contributed by atoms with van der Waals surface area (Å²) in [5.41, 5.74) is 1.30. The van der Waals surface area contributed by atoms with E-state index < -0.39 is 0 Å². The van der Waals surface area contributed by atoms with E-state index in [4.69, 9.17) is 0 Å². The van der Waals surface area contributed by atoms with Gasteiger partial charge in [0.25, 0.3) is 0 Å². The molecule has 0 spiro atoms. The molecule has 0 bridgehead atoms. The normalized spacial score (nSPS) is 5.83. The zero-order valence-corrected chi connectivity index (χ0v) is 7.16. The topological polar surface area (TPSA) is 0 Å². The molecule has 0 N–H and O–H groups in total. The van der Waals surface area contributed by atoms with Crippen molar-refractivity contribution in [1.29, 1.82) is 0 Å². The third kappa shape index (κ3) is 8.88. The quantitative estimate of drug-likeness (QED) is 0.478. The molecule has 2 heteroatoms. The van der Waals surface area contributed by atoms with Gasteiger partial charge in [-0.1, -0.05) is 21.5 Å². The van der Waals surface area contributed by atoms with Crippen LogP contribution >= 0.6 is 15.9 Å². The van der Waals surface area contributed by atoms with Crippen molar-refractivity contribution in [2.75, 3.05) is 0 Å². The van der Waals surface area contributed by atoms with E-state index in [2.05, 4.69) is 15.9 Å². The summed E-state index contributed by atoms with van der Waals surface area (Å²) in [6.07, 6.45) is 0. The predicted molar refractivity (Wildman–Crippen MR) is 36.3 cm³/mol. The molecule has 0 saturated heterocycles. The standard InChI is InChI=1S/C4H7Br.Mg.2H/c1-4(2)3-5;;;/h3H,1-2H3;;;/q;+2;2*-1. The van der Waals surface area contributed by atoms with Gasteiger partial charge in [-0.15, -0.1) is 0 Å². The first kappa shape index (κ1) is 10.1. The first-order valence-corrected chi connectivity index (χ1v) is 2.42. The van der Waals surface area contributed by atoms with Crippen molar-refractivity contribution in [3.63, 3.8) is 0 Å². The fourth-order valence-electron chi connectivity index (χ4n) is 0. The van der Waals surface area contributed by atoms with E-state index in [1.807, 2.05) is 18.8 Å². The van der Waals surface area contributed by atoms with Crippen molar-refractivity contribution in [1.82, 2.24) is 0 Å². The maximum atomic E-state index is 3.15. The minimum atomic E-state index is 0. The van der Waals surface area contributed by atoms with Crippen molar-refractivity contribution in [2.24, 2.45) is 0 Å². The largest absolute Gasteiger partial charge is 2.00 e. The van der Waals surface area contributed by atoms with E-state index in [1.165, 1.54) is 5.57 Å². The van der Waals surface area contributed by atoms with Gasteiger partial charge in [0.1, 0.15) is 0 Å². The Morgan fingerprint density at radius 2 is 1.83 bits per heavy atom. The minimum absolute atomic E-state index is 0. The number of hydrogen-bond donors (Lipinski definition) is 0. The van der Waals surface area contributed by atoms with Crippen molar-refractivity contribution in [3.8, 4) is 0 Å². The summed E-state index contributed by atoms with van der Waals surface area (Å²) in [5.74, 6) is 0. The molecular weight excluding hydrogens is 152 g/mol. The Morgan fingerprint density at radius 3 is 1.83 bits per heavy atom. The Morgan fingerprint density at radius 1 is 1.67 bits per heavy atom. The molecule has 0 radical (unpaired) electrons. The van der Waals surface area contributed by atoms with Gasteiger partial charge in [0.2, 0.25) is 0 Å². The zero-order valence-electron chi connectivity index (χ0n) is 6.16. The summed E-state index contributed by atoms with van der Waals surface area (Å²) in [7, 11) is 0. The Bertz CT molecular complexity index is 52.0. The Labute approximate surface area is 66.3 Å². The van der Waals surface area contributed by atoms with Gasteiger partial charge in [0, 0.05) is 0 Å². The minimum Gasteiger partial charge on any atom is -1.00 e. The second kappa shape index (κ2) is 5.99. The summed E-state index contributed by atoms with van der Waals surface area (Å²) in [5, 5.41) is 0. The third-order valence-electron chi connectivity index (χ3n) is 0.218. The van der Waals surface area contributed by atoms with Crippen molar-refractivity contribution < 1.29 is 2.85 Å². The monoisotopic (exact) mass is 160 g/mol. The van der Waals surface area contributed by atoms with Crippen LogP contribution in [0.4, 0.5) is 0 Å². The van der Waals surface area contributed by atoms with Crippen LogP contribution in [-0.4, -0.2) is 23.1 Å². The molecule has 0 aliphatic heterocycles. The smallest absolute Gasteiger partial charge is 1.00 e. The molecule has 0 heterocycles. The van der Waals surface area contributed by atoms with E-state index >= 15 is 0 Å². The molecule has 0 aliphatic carbocycles. The predicted octanol–water partition coefficient (Wildman–Crippen LogP) is 2.15. The SMILES string of the molecule is CC(C)=CBr.[H-].[H-].[Mg+2]. The fraction of sp³-hybridized carbons (Fsp3) is 0.500. The first-order chi connectivity index (χ1) is 2.27. The van der Waals surface area contributed by atoms with Crippen LogP contribution in [0.25, 0.3) is 0 Å². The Kier molecular flexibility index (Phi) is 10.0. The van der Waals surface area contributed by atoms with Gasteiger partial charge >= 0.3 is 23.1 Å². The van der Waals surface area contributed by atoms with Crippen molar-refractivity contribution in [2.45, 2.75) is 13.8 Å². The van der Waals surface area contributed by atoms with Crippen LogP contribution in [0.15, 0.2) is 10.6 Å². The zero-order chi connectivity index (χ0) is 4.28. The second-order valence-electron chi connectivity index (χ2n) is 1.19. The van der Waals surface area contributed by atoms with Crippen LogP contribution in [0.5, 0.6) is 0 Å². The van der Waals surface area contributed by atoms with Crippen LogP contribution in [0.3, 0.4) is 0 Å². The number of hydrogen-bond acceptors (Lipinski definition) is 0. The van der Waals surface area contributed by atoms with Crippen LogP contribution in [0.1, 0.15) is 16.7 Å². The van der Waals surface area contributed by atoms with Crippen LogP contribution in [0.2, 0.25) is 0 Å².